The average Bonchev–Trinajstić information content (AvgIpc) is 3.16. The lowest BCUT2D eigenvalue weighted by Crippen LogP contribution is -2.31. The number of likely N-dealkylation sites (tertiary alicyclic amines) is 1. The fraction of sp³-hybridized carbons (Fsp3) is 0.412. The van der Waals surface area contributed by atoms with Gasteiger partial charge in [0.2, 0.25) is 0 Å². The standard InChI is InChI=1S/C17H21N3OS/c1-12-5-2-3-6-13(12)15-7-4-10-20(15)17(21)14-11-22-16(19-14)8-9-18/h2-3,5-6,11,15H,4,7-10,18H2,1H3. The summed E-state index contributed by atoms with van der Waals surface area (Å²) in [5.41, 5.74) is 8.62. The van der Waals surface area contributed by atoms with Crippen molar-refractivity contribution in [3.63, 3.8) is 0 Å². The fourth-order valence-corrected chi connectivity index (χ4v) is 3.88. The number of nitrogens with zero attached hydrogens (tertiary/aromatic N) is 2. The van der Waals surface area contributed by atoms with Crippen molar-refractivity contribution >= 4 is 17.2 Å². The van der Waals surface area contributed by atoms with Gasteiger partial charge in [0.25, 0.3) is 5.91 Å². The Labute approximate surface area is 135 Å². The summed E-state index contributed by atoms with van der Waals surface area (Å²) in [5, 5.41) is 2.80. The Balaban J connectivity index is 1.83. The van der Waals surface area contributed by atoms with Crippen molar-refractivity contribution in [2.45, 2.75) is 32.2 Å². The third kappa shape index (κ3) is 2.91. The number of thiazole rings is 1. The predicted molar refractivity (Wildman–Crippen MR) is 89.1 cm³/mol. The van der Waals surface area contributed by atoms with E-state index in [2.05, 4.69) is 24.0 Å². The molecule has 5 heteroatoms. The lowest BCUT2D eigenvalue weighted by atomic mass is 9.99. The zero-order valence-electron chi connectivity index (χ0n) is 12.8. The molecule has 1 aromatic carbocycles. The van der Waals surface area contributed by atoms with Crippen LogP contribution in [0.25, 0.3) is 0 Å². The van der Waals surface area contributed by atoms with Crippen molar-refractivity contribution < 1.29 is 4.79 Å². The van der Waals surface area contributed by atoms with Gasteiger partial charge in [0, 0.05) is 18.3 Å². The summed E-state index contributed by atoms with van der Waals surface area (Å²) in [5.74, 6) is 0.0466. The monoisotopic (exact) mass is 315 g/mol. The molecule has 0 radical (unpaired) electrons. The summed E-state index contributed by atoms with van der Waals surface area (Å²) >= 11 is 1.52. The fourth-order valence-electron chi connectivity index (χ4n) is 3.09. The highest BCUT2D eigenvalue weighted by molar-refractivity contribution is 7.09. The average molecular weight is 315 g/mol. The number of carbonyl (C=O) groups excluding carboxylic acids is 1. The highest BCUT2D eigenvalue weighted by Crippen LogP contribution is 2.34. The summed E-state index contributed by atoms with van der Waals surface area (Å²) in [6.45, 7) is 3.48. The zero-order chi connectivity index (χ0) is 15.5. The van der Waals surface area contributed by atoms with Gasteiger partial charge in [0.1, 0.15) is 5.69 Å². The summed E-state index contributed by atoms with van der Waals surface area (Å²) < 4.78 is 0. The van der Waals surface area contributed by atoms with E-state index >= 15 is 0 Å². The van der Waals surface area contributed by atoms with E-state index in [0.29, 0.717) is 12.2 Å². The smallest absolute Gasteiger partial charge is 0.273 e. The molecule has 1 saturated heterocycles. The molecule has 116 valence electrons. The minimum absolute atomic E-state index is 0.0466. The van der Waals surface area contributed by atoms with Crippen LogP contribution in [0.5, 0.6) is 0 Å². The van der Waals surface area contributed by atoms with Crippen LogP contribution in [0, 0.1) is 6.92 Å². The Hall–Kier alpha value is -1.72. The molecule has 1 fully saturated rings. The molecule has 1 aliphatic heterocycles. The van der Waals surface area contributed by atoms with Crippen LogP contribution in [-0.4, -0.2) is 28.9 Å². The van der Waals surface area contributed by atoms with Gasteiger partial charge in [-0.15, -0.1) is 11.3 Å². The molecule has 0 saturated carbocycles. The highest BCUT2D eigenvalue weighted by Gasteiger charge is 2.32. The second-order valence-electron chi connectivity index (χ2n) is 5.68. The Bertz CT molecular complexity index is 667. The normalized spacial score (nSPS) is 17.9. The summed E-state index contributed by atoms with van der Waals surface area (Å²) in [6.07, 6.45) is 2.81. The quantitative estimate of drug-likeness (QED) is 0.943. The Morgan fingerprint density at radius 1 is 1.45 bits per heavy atom. The Kier molecular flexibility index (Phi) is 4.55. The van der Waals surface area contributed by atoms with E-state index in [4.69, 9.17) is 5.73 Å². The molecule has 1 aliphatic rings. The number of hydrogen-bond acceptors (Lipinski definition) is 4. The maximum absolute atomic E-state index is 12.8. The minimum Gasteiger partial charge on any atom is -0.330 e. The number of benzene rings is 1. The van der Waals surface area contributed by atoms with Crippen LogP contribution in [0.4, 0.5) is 0 Å². The third-order valence-electron chi connectivity index (χ3n) is 4.19. The van der Waals surface area contributed by atoms with Gasteiger partial charge in [-0.3, -0.25) is 4.79 Å². The van der Waals surface area contributed by atoms with Crippen molar-refractivity contribution in [2.24, 2.45) is 5.73 Å². The van der Waals surface area contributed by atoms with Crippen LogP contribution < -0.4 is 5.73 Å². The van der Waals surface area contributed by atoms with Gasteiger partial charge in [-0.05, 0) is 37.4 Å². The van der Waals surface area contributed by atoms with Gasteiger partial charge >= 0.3 is 0 Å². The molecule has 22 heavy (non-hydrogen) atoms. The molecule has 1 unspecified atom stereocenters. The lowest BCUT2D eigenvalue weighted by molar-refractivity contribution is 0.0730. The SMILES string of the molecule is Cc1ccccc1C1CCCN1C(=O)c1csc(CCN)n1. The van der Waals surface area contributed by atoms with Crippen LogP contribution in [0.15, 0.2) is 29.6 Å². The molecule has 1 aromatic heterocycles. The van der Waals surface area contributed by atoms with E-state index in [9.17, 15) is 4.79 Å². The van der Waals surface area contributed by atoms with E-state index in [-0.39, 0.29) is 11.9 Å². The van der Waals surface area contributed by atoms with Crippen molar-refractivity contribution in [1.29, 1.82) is 0 Å². The molecular weight excluding hydrogens is 294 g/mol. The van der Waals surface area contributed by atoms with Crippen LogP contribution in [0.1, 0.15) is 45.5 Å². The first-order valence-electron chi connectivity index (χ1n) is 7.71. The number of hydrogen-bond donors (Lipinski definition) is 1. The molecule has 2 aromatic rings. The highest BCUT2D eigenvalue weighted by atomic mass is 32.1. The van der Waals surface area contributed by atoms with Gasteiger partial charge in [-0.2, -0.15) is 0 Å². The molecule has 2 heterocycles. The van der Waals surface area contributed by atoms with E-state index in [1.54, 1.807) is 0 Å². The number of aryl methyl sites for hydroxylation is 1. The Morgan fingerprint density at radius 2 is 2.27 bits per heavy atom. The van der Waals surface area contributed by atoms with Gasteiger partial charge in [0.15, 0.2) is 0 Å². The summed E-state index contributed by atoms with van der Waals surface area (Å²) in [7, 11) is 0. The van der Waals surface area contributed by atoms with Crippen LogP contribution in [-0.2, 0) is 6.42 Å². The third-order valence-corrected chi connectivity index (χ3v) is 5.10. The first-order valence-corrected chi connectivity index (χ1v) is 8.59. The maximum Gasteiger partial charge on any atom is 0.273 e. The van der Waals surface area contributed by atoms with Crippen molar-refractivity contribution in [3.05, 3.63) is 51.5 Å². The largest absolute Gasteiger partial charge is 0.330 e. The summed E-state index contributed by atoms with van der Waals surface area (Å²) in [6, 6.07) is 8.50. The van der Waals surface area contributed by atoms with Crippen molar-refractivity contribution in [1.82, 2.24) is 9.88 Å². The molecule has 1 atom stereocenters. The van der Waals surface area contributed by atoms with E-state index in [0.717, 1.165) is 30.8 Å². The van der Waals surface area contributed by atoms with E-state index in [1.165, 1.54) is 22.5 Å². The number of carbonyl (C=O) groups is 1. The van der Waals surface area contributed by atoms with E-state index in [1.807, 2.05) is 22.4 Å². The minimum atomic E-state index is 0.0466. The first kappa shape index (κ1) is 15.2. The second-order valence-corrected chi connectivity index (χ2v) is 6.62. The molecule has 0 aliphatic carbocycles. The predicted octanol–water partition coefficient (Wildman–Crippen LogP) is 2.93. The molecule has 1 amide bonds. The molecule has 0 bridgehead atoms. The van der Waals surface area contributed by atoms with Crippen LogP contribution >= 0.6 is 11.3 Å². The molecule has 2 N–H and O–H groups in total. The van der Waals surface area contributed by atoms with Crippen molar-refractivity contribution in [3.8, 4) is 0 Å². The van der Waals surface area contributed by atoms with Gasteiger partial charge < -0.3 is 10.6 Å². The number of rotatable bonds is 4. The summed E-state index contributed by atoms with van der Waals surface area (Å²) in [4.78, 5) is 19.2. The van der Waals surface area contributed by atoms with Crippen LogP contribution in [0.2, 0.25) is 0 Å². The molecule has 0 spiro atoms. The van der Waals surface area contributed by atoms with Crippen LogP contribution in [0.3, 0.4) is 0 Å². The van der Waals surface area contributed by atoms with Gasteiger partial charge in [-0.25, -0.2) is 4.98 Å². The zero-order valence-corrected chi connectivity index (χ0v) is 13.6. The molecular formula is C17H21N3OS. The lowest BCUT2D eigenvalue weighted by Gasteiger charge is -2.25. The number of aromatic nitrogens is 1. The van der Waals surface area contributed by atoms with Gasteiger partial charge in [-0.1, -0.05) is 24.3 Å². The Morgan fingerprint density at radius 3 is 3.05 bits per heavy atom. The van der Waals surface area contributed by atoms with Gasteiger partial charge in [0.05, 0.1) is 11.0 Å². The number of amides is 1. The second kappa shape index (κ2) is 6.58. The topological polar surface area (TPSA) is 59.2 Å². The number of nitrogens with two attached hydrogens (primary N) is 1. The van der Waals surface area contributed by atoms with Crippen molar-refractivity contribution in [2.75, 3.05) is 13.1 Å². The first-order chi connectivity index (χ1) is 10.7. The molecule has 3 rings (SSSR count). The van der Waals surface area contributed by atoms with E-state index < -0.39 is 0 Å². The molecule has 4 nitrogen and oxygen atoms in total. The maximum atomic E-state index is 12.8.